The third-order valence-electron chi connectivity index (χ3n) is 0.878. The SMILES string of the molecule is CCOC(=S)NC(=O)OC(C)(C)C. The Bertz CT molecular complexity index is 198. The number of carbonyl (C=O) groups is 1. The second-order valence-corrected chi connectivity index (χ2v) is 3.72. The number of thiocarbonyl (C=S) groups is 1. The molecule has 0 saturated carbocycles. The summed E-state index contributed by atoms with van der Waals surface area (Å²) in [4.78, 5) is 11.0. The van der Waals surface area contributed by atoms with E-state index in [0.29, 0.717) is 6.61 Å². The molecule has 0 aliphatic heterocycles. The Morgan fingerprint density at radius 3 is 2.38 bits per heavy atom. The summed E-state index contributed by atoms with van der Waals surface area (Å²) in [5.41, 5.74) is -0.522. The van der Waals surface area contributed by atoms with Gasteiger partial charge in [0.1, 0.15) is 5.60 Å². The van der Waals surface area contributed by atoms with Gasteiger partial charge in [-0.05, 0) is 39.9 Å². The first kappa shape index (κ1) is 12.2. The van der Waals surface area contributed by atoms with Crippen LogP contribution in [-0.2, 0) is 9.47 Å². The zero-order chi connectivity index (χ0) is 10.5. The Balaban J connectivity index is 3.82. The summed E-state index contributed by atoms with van der Waals surface area (Å²) < 4.78 is 9.78. The first-order chi connectivity index (χ1) is 5.85. The van der Waals surface area contributed by atoms with Crippen LogP contribution in [0.4, 0.5) is 4.79 Å². The Kier molecular flexibility index (Phi) is 4.69. The van der Waals surface area contributed by atoms with Gasteiger partial charge in [-0.2, -0.15) is 0 Å². The molecule has 0 aromatic carbocycles. The Labute approximate surface area is 83.6 Å². The fourth-order valence-electron chi connectivity index (χ4n) is 0.554. The normalized spacial score (nSPS) is 10.5. The van der Waals surface area contributed by atoms with Crippen molar-refractivity contribution in [3.05, 3.63) is 0 Å². The molecule has 0 bridgehead atoms. The molecule has 0 saturated heterocycles. The molecule has 0 spiro atoms. The van der Waals surface area contributed by atoms with Gasteiger partial charge in [0.25, 0.3) is 5.17 Å². The first-order valence-corrected chi connectivity index (χ1v) is 4.42. The van der Waals surface area contributed by atoms with Gasteiger partial charge in [-0.1, -0.05) is 0 Å². The molecule has 0 unspecified atom stereocenters. The average Bonchev–Trinajstić information content (AvgIpc) is 1.81. The van der Waals surface area contributed by atoms with E-state index in [-0.39, 0.29) is 5.17 Å². The summed E-state index contributed by atoms with van der Waals surface area (Å²) in [7, 11) is 0. The van der Waals surface area contributed by atoms with Crippen molar-refractivity contribution in [3.63, 3.8) is 0 Å². The van der Waals surface area contributed by atoms with Gasteiger partial charge in [-0.3, -0.25) is 5.32 Å². The standard InChI is InChI=1S/C8H15NO3S/c1-5-11-7(13)9-6(10)12-8(2,3)4/h5H2,1-4H3,(H,9,10,13). The Hall–Kier alpha value is -0.840. The molecule has 13 heavy (non-hydrogen) atoms. The lowest BCUT2D eigenvalue weighted by Gasteiger charge is -2.19. The lowest BCUT2D eigenvalue weighted by atomic mass is 10.2. The van der Waals surface area contributed by atoms with Crippen LogP contribution in [0.3, 0.4) is 0 Å². The minimum atomic E-state index is -0.592. The molecule has 1 N–H and O–H groups in total. The summed E-state index contributed by atoms with van der Waals surface area (Å²) in [5.74, 6) is 0. The van der Waals surface area contributed by atoms with Crippen LogP contribution in [0.25, 0.3) is 0 Å². The van der Waals surface area contributed by atoms with E-state index in [1.54, 1.807) is 27.7 Å². The summed E-state index contributed by atoms with van der Waals surface area (Å²) in [6.45, 7) is 7.53. The highest BCUT2D eigenvalue weighted by atomic mass is 32.1. The molecule has 0 rings (SSSR count). The fourth-order valence-corrected chi connectivity index (χ4v) is 0.755. The Morgan fingerprint density at radius 2 is 2.00 bits per heavy atom. The van der Waals surface area contributed by atoms with Crippen molar-refractivity contribution in [2.45, 2.75) is 33.3 Å². The van der Waals surface area contributed by atoms with Gasteiger partial charge < -0.3 is 9.47 Å². The number of alkyl carbamates (subject to hydrolysis) is 1. The van der Waals surface area contributed by atoms with E-state index >= 15 is 0 Å². The summed E-state index contributed by atoms with van der Waals surface area (Å²) in [6.07, 6.45) is -0.592. The fraction of sp³-hybridized carbons (Fsp3) is 0.750. The number of carbonyl (C=O) groups excluding carboxylic acids is 1. The van der Waals surface area contributed by atoms with Gasteiger partial charge in [-0.15, -0.1) is 0 Å². The molecule has 0 aromatic heterocycles. The Morgan fingerprint density at radius 1 is 1.46 bits per heavy atom. The lowest BCUT2D eigenvalue weighted by Crippen LogP contribution is -2.36. The molecular formula is C8H15NO3S. The average molecular weight is 205 g/mol. The molecule has 76 valence electrons. The predicted molar refractivity (Wildman–Crippen MR) is 53.6 cm³/mol. The maximum Gasteiger partial charge on any atom is 0.415 e. The summed E-state index contributed by atoms with van der Waals surface area (Å²) in [6, 6.07) is 0. The van der Waals surface area contributed by atoms with Crippen LogP contribution in [-0.4, -0.2) is 23.5 Å². The molecule has 0 fully saturated rings. The van der Waals surface area contributed by atoms with Crippen molar-refractivity contribution in [1.29, 1.82) is 0 Å². The number of amides is 1. The molecule has 0 aliphatic rings. The summed E-state index contributed by atoms with van der Waals surface area (Å²) in [5, 5.41) is 2.32. The van der Waals surface area contributed by atoms with E-state index in [0.717, 1.165) is 0 Å². The van der Waals surface area contributed by atoms with Crippen LogP contribution < -0.4 is 5.32 Å². The molecule has 0 radical (unpaired) electrons. The van der Waals surface area contributed by atoms with Crippen LogP contribution in [0.2, 0.25) is 0 Å². The molecule has 4 nitrogen and oxygen atoms in total. The maximum atomic E-state index is 11.0. The quantitative estimate of drug-likeness (QED) is 0.663. The van der Waals surface area contributed by atoms with E-state index in [9.17, 15) is 4.79 Å². The van der Waals surface area contributed by atoms with Crippen LogP contribution >= 0.6 is 12.2 Å². The molecule has 0 aliphatic carbocycles. The largest absolute Gasteiger partial charge is 0.471 e. The first-order valence-electron chi connectivity index (χ1n) is 4.02. The highest BCUT2D eigenvalue weighted by Crippen LogP contribution is 2.06. The van der Waals surface area contributed by atoms with Gasteiger partial charge in [0.2, 0.25) is 0 Å². The molecule has 5 heteroatoms. The van der Waals surface area contributed by atoms with Gasteiger partial charge in [0.05, 0.1) is 6.61 Å². The minimum absolute atomic E-state index is 0.0387. The zero-order valence-corrected chi connectivity index (χ0v) is 9.16. The molecule has 0 heterocycles. The van der Waals surface area contributed by atoms with E-state index in [1.165, 1.54) is 0 Å². The lowest BCUT2D eigenvalue weighted by molar-refractivity contribution is 0.0552. The number of hydrogen-bond acceptors (Lipinski definition) is 4. The van der Waals surface area contributed by atoms with Crippen LogP contribution in [0.5, 0.6) is 0 Å². The van der Waals surface area contributed by atoms with E-state index in [2.05, 4.69) is 17.5 Å². The zero-order valence-electron chi connectivity index (χ0n) is 8.34. The summed E-state index contributed by atoms with van der Waals surface area (Å²) >= 11 is 4.68. The van der Waals surface area contributed by atoms with Crippen molar-refractivity contribution in [1.82, 2.24) is 5.32 Å². The molecule has 1 amide bonds. The van der Waals surface area contributed by atoms with Gasteiger partial charge in [-0.25, -0.2) is 4.79 Å². The van der Waals surface area contributed by atoms with Gasteiger partial charge in [0.15, 0.2) is 0 Å². The third kappa shape index (κ3) is 7.52. The van der Waals surface area contributed by atoms with Crippen molar-refractivity contribution in [2.24, 2.45) is 0 Å². The highest BCUT2D eigenvalue weighted by molar-refractivity contribution is 7.80. The van der Waals surface area contributed by atoms with E-state index in [4.69, 9.17) is 9.47 Å². The van der Waals surface area contributed by atoms with Crippen LogP contribution in [0.15, 0.2) is 0 Å². The second kappa shape index (κ2) is 5.01. The van der Waals surface area contributed by atoms with Crippen molar-refractivity contribution in [3.8, 4) is 0 Å². The third-order valence-corrected chi connectivity index (χ3v) is 1.10. The van der Waals surface area contributed by atoms with Crippen molar-refractivity contribution < 1.29 is 14.3 Å². The van der Waals surface area contributed by atoms with Gasteiger partial charge in [0, 0.05) is 0 Å². The number of rotatable bonds is 1. The van der Waals surface area contributed by atoms with Crippen LogP contribution in [0, 0.1) is 0 Å². The second-order valence-electron chi connectivity index (χ2n) is 3.35. The molecule has 0 atom stereocenters. The number of hydrogen-bond donors (Lipinski definition) is 1. The highest BCUT2D eigenvalue weighted by Gasteiger charge is 2.16. The van der Waals surface area contributed by atoms with Gasteiger partial charge >= 0.3 is 6.09 Å². The minimum Gasteiger partial charge on any atom is -0.471 e. The number of ether oxygens (including phenoxy) is 2. The monoisotopic (exact) mass is 205 g/mol. The van der Waals surface area contributed by atoms with Crippen molar-refractivity contribution >= 4 is 23.5 Å². The molecule has 0 aromatic rings. The topological polar surface area (TPSA) is 47.6 Å². The predicted octanol–water partition coefficient (Wildman–Crippen LogP) is 1.83. The number of nitrogens with one attached hydrogen (secondary N) is 1. The maximum absolute atomic E-state index is 11.0. The smallest absolute Gasteiger partial charge is 0.415 e. The van der Waals surface area contributed by atoms with E-state index < -0.39 is 11.7 Å². The molecular weight excluding hydrogens is 190 g/mol. The van der Waals surface area contributed by atoms with E-state index in [1.807, 2.05) is 0 Å². The van der Waals surface area contributed by atoms with Crippen LogP contribution in [0.1, 0.15) is 27.7 Å². The van der Waals surface area contributed by atoms with Crippen molar-refractivity contribution in [2.75, 3.05) is 6.61 Å².